The summed E-state index contributed by atoms with van der Waals surface area (Å²) in [4.78, 5) is 13.5. The van der Waals surface area contributed by atoms with E-state index in [4.69, 9.17) is 9.84 Å². The molecule has 0 radical (unpaired) electrons. The molecule has 1 N–H and O–H groups in total. The number of rotatable bonds is 3. The number of aliphatic hydroxyl groups is 1. The van der Waals surface area contributed by atoms with Gasteiger partial charge in [0.1, 0.15) is 12.2 Å². The Morgan fingerprint density at radius 3 is 2.88 bits per heavy atom. The molecule has 2 heterocycles. The maximum absolute atomic E-state index is 11.8. The Hall–Kier alpha value is -1.47. The van der Waals surface area contributed by atoms with Crippen molar-refractivity contribution in [3.63, 3.8) is 0 Å². The third-order valence-corrected chi connectivity index (χ3v) is 2.41. The summed E-state index contributed by atoms with van der Waals surface area (Å²) in [6.07, 6.45) is 1.57. The summed E-state index contributed by atoms with van der Waals surface area (Å²) in [6, 6.07) is 0. The van der Waals surface area contributed by atoms with E-state index in [0.717, 1.165) is 0 Å². The van der Waals surface area contributed by atoms with Crippen LogP contribution in [0.1, 0.15) is 5.69 Å². The van der Waals surface area contributed by atoms with Gasteiger partial charge < -0.3 is 14.7 Å². The third-order valence-electron chi connectivity index (χ3n) is 2.41. The second-order valence-corrected chi connectivity index (χ2v) is 3.56. The average Bonchev–Trinajstić information content (AvgIpc) is 2.78. The minimum absolute atomic E-state index is 0.00214. The molecule has 1 aromatic rings. The first kappa shape index (κ1) is 11.0. The zero-order chi connectivity index (χ0) is 11.4. The van der Waals surface area contributed by atoms with Crippen molar-refractivity contribution in [2.45, 2.75) is 13.2 Å². The number of carbonyl (C=O) groups is 1. The average molecular weight is 226 g/mol. The molecule has 1 saturated heterocycles. The molecule has 16 heavy (non-hydrogen) atoms. The quantitative estimate of drug-likeness (QED) is 0.687. The fourth-order valence-electron chi connectivity index (χ4n) is 1.54. The summed E-state index contributed by atoms with van der Waals surface area (Å²) in [5, 5.41) is 16.3. The Kier molecular flexibility index (Phi) is 3.47. The van der Waals surface area contributed by atoms with E-state index < -0.39 is 0 Å². The number of nitrogens with zero attached hydrogens (tertiary/aromatic N) is 4. The molecule has 0 atom stereocenters. The van der Waals surface area contributed by atoms with Crippen LogP contribution in [0.15, 0.2) is 6.20 Å². The smallest absolute Gasteiger partial charge is 0.244 e. The minimum atomic E-state index is -0.161. The van der Waals surface area contributed by atoms with Gasteiger partial charge in [-0.05, 0) is 0 Å². The van der Waals surface area contributed by atoms with Crippen molar-refractivity contribution >= 4 is 5.91 Å². The van der Waals surface area contributed by atoms with Gasteiger partial charge in [0, 0.05) is 13.1 Å². The molecular weight excluding hydrogens is 212 g/mol. The first-order chi connectivity index (χ1) is 7.79. The van der Waals surface area contributed by atoms with E-state index >= 15 is 0 Å². The molecule has 0 unspecified atom stereocenters. The van der Waals surface area contributed by atoms with Gasteiger partial charge in [-0.2, -0.15) is 0 Å². The van der Waals surface area contributed by atoms with Gasteiger partial charge in [0.15, 0.2) is 0 Å². The molecule has 1 aromatic heterocycles. The molecule has 7 heteroatoms. The van der Waals surface area contributed by atoms with Crippen molar-refractivity contribution in [2.75, 3.05) is 26.3 Å². The molecule has 0 spiro atoms. The predicted octanol–water partition coefficient (Wildman–Crippen LogP) is -1.37. The Bertz CT molecular complexity index is 359. The summed E-state index contributed by atoms with van der Waals surface area (Å²) < 4.78 is 6.59. The molecule has 88 valence electrons. The summed E-state index contributed by atoms with van der Waals surface area (Å²) >= 11 is 0. The molecule has 1 fully saturated rings. The van der Waals surface area contributed by atoms with Crippen LogP contribution >= 0.6 is 0 Å². The Morgan fingerprint density at radius 1 is 1.50 bits per heavy atom. The van der Waals surface area contributed by atoms with Crippen LogP contribution in [0.5, 0.6) is 0 Å². The first-order valence-corrected chi connectivity index (χ1v) is 5.15. The topological polar surface area (TPSA) is 80.5 Å². The SMILES string of the molecule is O=C(Cn1cc(CO)nn1)N1CCOCC1. The van der Waals surface area contributed by atoms with Crippen molar-refractivity contribution in [2.24, 2.45) is 0 Å². The summed E-state index contributed by atoms with van der Waals surface area (Å²) in [6.45, 7) is 2.43. The van der Waals surface area contributed by atoms with Crippen LogP contribution in [0.3, 0.4) is 0 Å². The van der Waals surface area contributed by atoms with Crippen LogP contribution in [0.2, 0.25) is 0 Å². The maximum atomic E-state index is 11.8. The molecule has 0 bridgehead atoms. The highest BCUT2D eigenvalue weighted by molar-refractivity contribution is 5.75. The van der Waals surface area contributed by atoms with E-state index in [0.29, 0.717) is 32.0 Å². The number of ether oxygens (including phenoxy) is 1. The van der Waals surface area contributed by atoms with Crippen LogP contribution in [0.25, 0.3) is 0 Å². The van der Waals surface area contributed by atoms with E-state index in [9.17, 15) is 4.79 Å². The third kappa shape index (κ3) is 2.56. The molecular formula is C9H14N4O3. The number of carbonyl (C=O) groups excluding carboxylic acids is 1. The number of aliphatic hydroxyl groups excluding tert-OH is 1. The zero-order valence-electron chi connectivity index (χ0n) is 8.87. The molecule has 1 amide bonds. The Labute approximate surface area is 92.6 Å². The number of amides is 1. The molecule has 0 saturated carbocycles. The van der Waals surface area contributed by atoms with Crippen LogP contribution in [0, 0.1) is 0 Å². The van der Waals surface area contributed by atoms with E-state index in [1.165, 1.54) is 4.68 Å². The van der Waals surface area contributed by atoms with Crippen molar-refractivity contribution in [1.82, 2.24) is 19.9 Å². The monoisotopic (exact) mass is 226 g/mol. The van der Waals surface area contributed by atoms with Crippen molar-refractivity contribution in [1.29, 1.82) is 0 Å². The highest BCUT2D eigenvalue weighted by Gasteiger charge is 2.17. The van der Waals surface area contributed by atoms with Gasteiger partial charge in [-0.1, -0.05) is 5.21 Å². The van der Waals surface area contributed by atoms with Crippen LogP contribution in [0.4, 0.5) is 0 Å². The van der Waals surface area contributed by atoms with Crippen LogP contribution < -0.4 is 0 Å². The number of morpholine rings is 1. The molecule has 7 nitrogen and oxygen atoms in total. The summed E-state index contributed by atoms with van der Waals surface area (Å²) in [5.41, 5.74) is 0.467. The van der Waals surface area contributed by atoms with Gasteiger partial charge in [0.25, 0.3) is 0 Å². The normalized spacial score (nSPS) is 16.4. The van der Waals surface area contributed by atoms with Gasteiger partial charge in [0.05, 0.1) is 26.0 Å². The van der Waals surface area contributed by atoms with Gasteiger partial charge in [0.2, 0.25) is 5.91 Å². The molecule has 2 rings (SSSR count). The highest BCUT2D eigenvalue weighted by Crippen LogP contribution is 2.00. The largest absolute Gasteiger partial charge is 0.390 e. The van der Waals surface area contributed by atoms with E-state index in [1.807, 2.05) is 0 Å². The molecule has 0 aliphatic carbocycles. The number of aromatic nitrogens is 3. The lowest BCUT2D eigenvalue weighted by Crippen LogP contribution is -2.42. The lowest BCUT2D eigenvalue weighted by Gasteiger charge is -2.26. The lowest BCUT2D eigenvalue weighted by atomic mass is 10.4. The molecule has 1 aliphatic rings. The van der Waals surface area contributed by atoms with Crippen molar-refractivity contribution in [3.8, 4) is 0 Å². The standard InChI is InChI=1S/C9H14N4O3/c14-7-8-5-13(11-10-8)6-9(15)12-1-3-16-4-2-12/h5,14H,1-4,6-7H2. The number of hydrogen-bond donors (Lipinski definition) is 1. The van der Waals surface area contributed by atoms with E-state index in [2.05, 4.69) is 10.3 Å². The second-order valence-electron chi connectivity index (χ2n) is 3.56. The van der Waals surface area contributed by atoms with Gasteiger partial charge in [-0.3, -0.25) is 4.79 Å². The van der Waals surface area contributed by atoms with E-state index in [1.54, 1.807) is 11.1 Å². The predicted molar refractivity (Wildman–Crippen MR) is 53.3 cm³/mol. The van der Waals surface area contributed by atoms with Crippen molar-refractivity contribution < 1.29 is 14.6 Å². The maximum Gasteiger partial charge on any atom is 0.244 e. The van der Waals surface area contributed by atoms with Crippen LogP contribution in [-0.4, -0.2) is 57.2 Å². The second kappa shape index (κ2) is 5.04. The highest BCUT2D eigenvalue weighted by atomic mass is 16.5. The fraction of sp³-hybridized carbons (Fsp3) is 0.667. The minimum Gasteiger partial charge on any atom is -0.390 e. The zero-order valence-corrected chi connectivity index (χ0v) is 8.87. The molecule has 0 aromatic carbocycles. The first-order valence-electron chi connectivity index (χ1n) is 5.15. The number of hydrogen-bond acceptors (Lipinski definition) is 5. The van der Waals surface area contributed by atoms with E-state index in [-0.39, 0.29) is 19.1 Å². The van der Waals surface area contributed by atoms with Crippen LogP contribution in [-0.2, 0) is 22.7 Å². The van der Waals surface area contributed by atoms with Crippen molar-refractivity contribution in [3.05, 3.63) is 11.9 Å². The lowest BCUT2D eigenvalue weighted by molar-refractivity contribution is -0.136. The van der Waals surface area contributed by atoms with Gasteiger partial charge >= 0.3 is 0 Å². The summed E-state index contributed by atoms with van der Waals surface area (Å²) in [5.74, 6) is -0.00214. The van der Waals surface area contributed by atoms with Gasteiger partial charge in [-0.15, -0.1) is 5.10 Å². The Balaban J connectivity index is 1.90. The Morgan fingerprint density at radius 2 is 2.25 bits per heavy atom. The molecule has 1 aliphatic heterocycles. The fourth-order valence-corrected chi connectivity index (χ4v) is 1.54. The summed E-state index contributed by atoms with van der Waals surface area (Å²) in [7, 11) is 0. The van der Waals surface area contributed by atoms with Gasteiger partial charge in [-0.25, -0.2) is 4.68 Å².